The molecule has 2 aliphatic heterocycles. The third-order valence-electron chi connectivity index (χ3n) is 13.9. The third-order valence-corrected chi connectivity index (χ3v) is 15.0. The van der Waals surface area contributed by atoms with E-state index in [1.165, 1.54) is 80.5 Å². The van der Waals surface area contributed by atoms with Crippen LogP contribution in [0, 0.1) is 0 Å². The molecule has 6 heteroatoms. The van der Waals surface area contributed by atoms with Crippen molar-refractivity contribution in [1.29, 1.82) is 0 Å². The van der Waals surface area contributed by atoms with E-state index in [2.05, 4.69) is 221 Å². The molecule has 2 aliphatic rings. The Balaban J connectivity index is 1.13. The molecule has 0 saturated heterocycles. The van der Waals surface area contributed by atoms with Gasteiger partial charge in [0.2, 0.25) is 0 Å². The number of benzene rings is 10. The maximum atomic E-state index is 6.95. The highest BCUT2D eigenvalue weighted by Crippen LogP contribution is 2.52. The highest BCUT2D eigenvalue weighted by atomic mass is 32.1. The van der Waals surface area contributed by atoms with Gasteiger partial charge in [-0.15, -0.1) is 11.3 Å². The van der Waals surface area contributed by atoms with Crippen LogP contribution in [-0.2, 0) is 0 Å². The van der Waals surface area contributed by atoms with Crippen molar-refractivity contribution in [1.82, 2.24) is 4.48 Å². The van der Waals surface area contributed by atoms with Crippen LogP contribution in [0.3, 0.4) is 0 Å². The molecule has 0 spiro atoms. The summed E-state index contributed by atoms with van der Waals surface area (Å²) < 4.78 is 12.2. The Morgan fingerprint density at radius 2 is 1.16 bits per heavy atom. The van der Waals surface area contributed by atoms with E-state index in [1.807, 2.05) is 11.3 Å². The average Bonchev–Trinajstić information content (AvgIpc) is 4.02. The SMILES string of the molecule is c1ccc(N(c2ccccc2)c2ccc3c(c2)N(c2cccc4c2oc2ccccc24)c2cc4sc5ccccc5c4c4c2B3n2c3cc5ccccc5cc3c3cccc-4c32)cc1. The highest BCUT2D eigenvalue weighted by molar-refractivity contribution is 7.26. The van der Waals surface area contributed by atoms with Crippen LogP contribution in [0.4, 0.5) is 34.1 Å². The number of para-hydroxylation sites is 5. The molecule has 0 N–H and O–H groups in total. The molecule has 0 saturated carbocycles. The van der Waals surface area contributed by atoms with Gasteiger partial charge in [0.1, 0.15) is 5.58 Å². The number of nitrogens with zero attached hydrogens (tertiary/aromatic N) is 3. The summed E-state index contributed by atoms with van der Waals surface area (Å²) in [7, 11) is 0. The summed E-state index contributed by atoms with van der Waals surface area (Å²) in [6, 6.07) is 75.8. The van der Waals surface area contributed by atoms with Gasteiger partial charge in [-0.2, -0.15) is 0 Å². The largest absolute Gasteiger partial charge is 0.454 e. The van der Waals surface area contributed by atoms with Crippen molar-refractivity contribution in [2.45, 2.75) is 0 Å². The van der Waals surface area contributed by atoms with E-state index in [1.54, 1.807) is 0 Å². The van der Waals surface area contributed by atoms with Crippen molar-refractivity contribution in [3.8, 4) is 11.1 Å². The molecule has 13 aromatic rings. The molecule has 0 amide bonds. The molecular formula is C58H34BN3OS. The summed E-state index contributed by atoms with van der Waals surface area (Å²) in [6.07, 6.45) is 0. The number of furan rings is 1. The summed E-state index contributed by atoms with van der Waals surface area (Å²) in [6.45, 7) is -0.124. The lowest BCUT2D eigenvalue weighted by Gasteiger charge is -2.41. The molecule has 15 rings (SSSR count). The fourth-order valence-electron chi connectivity index (χ4n) is 11.3. The molecule has 64 heavy (non-hydrogen) atoms. The molecule has 4 nitrogen and oxygen atoms in total. The van der Waals surface area contributed by atoms with Crippen LogP contribution in [0.1, 0.15) is 0 Å². The van der Waals surface area contributed by atoms with Gasteiger partial charge in [0, 0.05) is 86.8 Å². The molecule has 0 unspecified atom stereocenters. The standard InChI is InChI=1S/C58H34BN3OS/c1-3-17-37(18-4-1)60(38-19-5-2-6-20-38)39-29-30-46-49(33-39)61(47-26-14-24-42-40-21-9-11-27-51(40)63-58(42)47)50-34-53-54(43-22-10-12-28-52(43)64-53)55-44-25-13-23-41-45-31-35-15-7-8-16-36(35)32-48(45)62(57(41)44)59(46)56(50)55/h1-34H. The van der Waals surface area contributed by atoms with Crippen LogP contribution < -0.4 is 20.7 Å². The van der Waals surface area contributed by atoms with E-state index < -0.39 is 0 Å². The summed E-state index contributed by atoms with van der Waals surface area (Å²) in [4.78, 5) is 4.91. The van der Waals surface area contributed by atoms with Crippen molar-refractivity contribution in [2.75, 3.05) is 9.80 Å². The molecule has 5 heterocycles. The summed E-state index contributed by atoms with van der Waals surface area (Å²) in [5, 5.41) is 9.93. The Morgan fingerprint density at radius 3 is 1.98 bits per heavy atom. The first-order valence-electron chi connectivity index (χ1n) is 22.0. The predicted molar refractivity (Wildman–Crippen MR) is 272 cm³/mol. The van der Waals surface area contributed by atoms with Gasteiger partial charge in [0.25, 0.3) is 0 Å². The average molecular weight is 832 g/mol. The van der Waals surface area contributed by atoms with E-state index in [4.69, 9.17) is 4.42 Å². The normalized spacial score (nSPS) is 12.9. The maximum absolute atomic E-state index is 6.95. The number of thiophene rings is 1. The molecule has 0 fully saturated rings. The van der Waals surface area contributed by atoms with E-state index in [-0.39, 0.29) is 6.85 Å². The van der Waals surface area contributed by atoms with E-state index in [0.717, 1.165) is 50.4 Å². The fraction of sp³-hybridized carbons (Fsp3) is 0. The second-order valence-electron chi connectivity index (χ2n) is 17.2. The third kappa shape index (κ3) is 4.57. The lowest BCUT2D eigenvalue weighted by Crippen LogP contribution is -2.56. The molecule has 0 bridgehead atoms. The van der Waals surface area contributed by atoms with Gasteiger partial charge in [0.05, 0.1) is 5.69 Å². The maximum Gasteiger partial charge on any atom is 0.333 e. The molecule has 0 atom stereocenters. The Morgan fingerprint density at radius 1 is 0.469 bits per heavy atom. The summed E-state index contributed by atoms with van der Waals surface area (Å²) in [5.41, 5.74) is 16.1. The Bertz CT molecular complexity index is 4070. The first kappa shape index (κ1) is 34.5. The van der Waals surface area contributed by atoms with Crippen molar-refractivity contribution < 1.29 is 4.42 Å². The number of fused-ring (bicyclic) bond motifs is 15. The number of hydrogen-bond donors (Lipinski definition) is 0. The van der Waals surface area contributed by atoms with E-state index >= 15 is 0 Å². The minimum absolute atomic E-state index is 0.124. The van der Waals surface area contributed by atoms with Gasteiger partial charge in [0.15, 0.2) is 5.58 Å². The zero-order valence-corrected chi connectivity index (χ0v) is 35.2. The molecule has 0 aliphatic carbocycles. The molecule has 0 radical (unpaired) electrons. The minimum Gasteiger partial charge on any atom is -0.454 e. The molecule has 3 aromatic heterocycles. The van der Waals surface area contributed by atoms with Crippen molar-refractivity contribution in [2.24, 2.45) is 0 Å². The van der Waals surface area contributed by atoms with Crippen LogP contribution in [-0.4, -0.2) is 11.3 Å². The Hall–Kier alpha value is -8.06. The second kappa shape index (κ2) is 12.8. The van der Waals surface area contributed by atoms with Crippen LogP contribution in [0.15, 0.2) is 211 Å². The molecule has 10 aromatic carbocycles. The molecule has 296 valence electrons. The fourth-order valence-corrected chi connectivity index (χ4v) is 12.5. The van der Waals surface area contributed by atoms with Gasteiger partial charge in [-0.05, 0) is 100 Å². The Kier molecular flexibility index (Phi) is 6.88. The number of rotatable bonds is 4. The van der Waals surface area contributed by atoms with Crippen molar-refractivity contribution in [3.05, 3.63) is 206 Å². The monoisotopic (exact) mass is 831 g/mol. The van der Waals surface area contributed by atoms with Crippen LogP contribution in [0.5, 0.6) is 0 Å². The zero-order valence-electron chi connectivity index (χ0n) is 34.4. The number of anilines is 6. The van der Waals surface area contributed by atoms with Crippen molar-refractivity contribution >= 4 is 138 Å². The Labute approximate surface area is 372 Å². The first-order chi connectivity index (χ1) is 31.8. The minimum atomic E-state index is -0.124. The predicted octanol–water partition coefficient (Wildman–Crippen LogP) is 15.1. The zero-order chi connectivity index (χ0) is 41.6. The lowest BCUT2D eigenvalue weighted by molar-refractivity contribution is 0.669. The second-order valence-corrected chi connectivity index (χ2v) is 18.3. The van der Waals surface area contributed by atoms with E-state index in [9.17, 15) is 0 Å². The smallest absolute Gasteiger partial charge is 0.333 e. The van der Waals surface area contributed by atoms with Gasteiger partial charge in [-0.25, -0.2) is 0 Å². The van der Waals surface area contributed by atoms with Crippen molar-refractivity contribution in [3.63, 3.8) is 0 Å². The van der Waals surface area contributed by atoms with Crippen LogP contribution in [0.2, 0.25) is 0 Å². The highest BCUT2D eigenvalue weighted by Gasteiger charge is 2.44. The van der Waals surface area contributed by atoms with Gasteiger partial charge >= 0.3 is 6.85 Å². The molecular weight excluding hydrogens is 798 g/mol. The quantitative estimate of drug-likeness (QED) is 0.165. The van der Waals surface area contributed by atoms with Crippen LogP contribution >= 0.6 is 11.3 Å². The van der Waals surface area contributed by atoms with Gasteiger partial charge in [-0.3, -0.25) is 0 Å². The summed E-state index contributed by atoms with van der Waals surface area (Å²) >= 11 is 1.89. The lowest BCUT2D eigenvalue weighted by atomic mass is 9.45. The van der Waals surface area contributed by atoms with E-state index in [0.29, 0.717) is 0 Å². The summed E-state index contributed by atoms with van der Waals surface area (Å²) in [5.74, 6) is 0. The topological polar surface area (TPSA) is 24.6 Å². The van der Waals surface area contributed by atoms with Gasteiger partial charge in [-0.1, -0.05) is 133 Å². The number of aromatic nitrogens is 1. The first-order valence-corrected chi connectivity index (χ1v) is 22.8. The van der Waals surface area contributed by atoms with Gasteiger partial charge < -0.3 is 18.7 Å². The van der Waals surface area contributed by atoms with Crippen LogP contribution in [0.25, 0.3) is 85.8 Å². The number of hydrogen-bond acceptors (Lipinski definition) is 4.